The van der Waals surface area contributed by atoms with Crippen LogP contribution in [0.3, 0.4) is 0 Å². The Labute approximate surface area is 186 Å². The van der Waals surface area contributed by atoms with E-state index in [1.54, 1.807) is 5.57 Å². The fourth-order valence-corrected chi connectivity index (χ4v) is 8.83. The number of hydrogen-bond donors (Lipinski definition) is 1. The van der Waals surface area contributed by atoms with Crippen LogP contribution in [0, 0.1) is 46.3 Å². The van der Waals surface area contributed by atoms with Gasteiger partial charge in [0.1, 0.15) is 0 Å². The monoisotopic (exact) mass is 412 g/mol. The van der Waals surface area contributed by atoms with Crippen molar-refractivity contribution in [3.63, 3.8) is 0 Å². The lowest BCUT2D eigenvalue weighted by molar-refractivity contribution is -0.0427. The molecular formula is C29H48O. The number of rotatable bonds is 5. The molecule has 0 radical (unpaired) electrons. The predicted octanol–water partition coefficient (Wildman–Crippen LogP) is 7.94. The van der Waals surface area contributed by atoms with Gasteiger partial charge in [-0.2, -0.15) is 0 Å². The number of fused-ring (bicyclic) bond motifs is 5. The highest BCUT2D eigenvalue weighted by Gasteiger charge is 2.58. The number of allylic oxidation sites excluding steroid dienone is 4. The summed E-state index contributed by atoms with van der Waals surface area (Å²) in [6.07, 6.45) is 17.9. The molecule has 0 aromatic heterocycles. The minimum absolute atomic E-state index is 0.0449. The van der Waals surface area contributed by atoms with Gasteiger partial charge in [0.15, 0.2) is 0 Å². The van der Waals surface area contributed by atoms with Gasteiger partial charge in [-0.05, 0) is 117 Å². The molecule has 4 unspecified atom stereocenters. The van der Waals surface area contributed by atoms with Crippen molar-refractivity contribution in [2.45, 2.75) is 112 Å². The molecule has 4 rings (SSSR count). The Morgan fingerprint density at radius 2 is 1.77 bits per heavy atom. The molecule has 0 saturated heterocycles. The summed E-state index contributed by atoms with van der Waals surface area (Å²) in [5.41, 5.74) is 4.49. The first-order valence-electron chi connectivity index (χ1n) is 13.2. The van der Waals surface area contributed by atoms with E-state index < -0.39 is 0 Å². The average molecular weight is 413 g/mol. The van der Waals surface area contributed by atoms with E-state index in [-0.39, 0.29) is 6.10 Å². The van der Waals surface area contributed by atoms with Crippen molar-refractivity contribution in [2.75, 3.05) is 0 Å². The van der Waals surface area contributed by atoms with E-state index in [1.807, 2.05) is 5.57 Å². The molecule has 3 saturated carbocycles. The van der Waals surface area contributed by atoms with E-state index in [9.17, 15) is 5.11 Å². The normalized spacial score (nSPS) is 44.9. The zero-order valence-electron chi connectivity index (χ0n) is 20.7. The Balaban J connectivity index is 1.50. The van der Waals surface area contributed by atoms with Crippen LogP contribution in [0.2, 0.25) is 0 Å². The minimum atomic E-state index is -0.0449. The SMILES string of the molecule is C/C=C(/CC[C@@H](C)C1CCC2C3=CCC4C[C@@H](O)CC[C@]4(C)C3CC[C@@]21C)C(C)C. The maximum atomic E-state index is 10.3. The zero-order valence-corrected chi connectivity index (χ0v) is 20.7. The maximum absolute atomic E-state index is 10.3. The van der Waals surface area contributed by atoms with Crippen molar-refractivity contribution in [1.82, 2.24) is 0 Å². The van der Waals surface area contributed by atoms with Crippen LogP contribution in [-0.2, 0) is 0 Å². The van der Waals surface area contributed by atoms with Gasteiger partial charge >= 0.3 is 0 Å². The van der Waals surface area contributed by atoms with Crippen molar-refractivity contribution in [3.8, 4) is 0 Å². The Morgan fingerprint density at radius 1 is 1.07 bits per heavy atom. The van der Waals surface area contributed by atoms with E-state index in [0.717, 1.165) is 36.5 Å². The van der Waals surface area contributed by atoms with Gasteiger partial charge in [0.2, 0.25) is 0 Å². The smallest absolute Gasteiger partial charge is 0.0543 e. The Morgan fingerprint density at radius 3 is 2.47 bits per heavy atom. The first-order valence-corrected chi connectivity index (χ1v) is 13.2. The van der Waals surface area contributed by atoms with Crippen molar-refractivity contribution in [2.24, 2.45) is 46.3 Å². The molecule has 4 aliphatic rings. The second-order valence-corrected chi connectivity index (χ2v) is 12.4. The molecule has 170 valence electrons. The second-order valence-electron chi connectivity index (χ2n) is 12.4. The lowest BCUT2D eigenvalue weighted by Crippen LogP contribution is -2.49. The largest absolute Gasteiger partial charge is 0.393 e. The summed E-state index contributed by atoms with van der Waals surface area (Å²) in [6.45, 7) is 14.7. The van der Waals surface area contributed by atoms with Crippen LogP contribution < -0.4 is 0 Å². The molecule has 1 heteroatoms. The third-order valence-electron chi connectivity index (χ3n) is 10.8. The molecule has 0 bridgehead atoms. The van der Waals surface area contributed by atoms with Crippen molar-refractivity contribution in [3.05, 3.63) is 23.3 Å². The molecule has 0 aliphatic heterocycles. The van der Waals surface area contributed by atoms with Crippen LogP contribution >= 0.6 is 0 Å². The van der Waals surface area contributed by atoms with Crippen molar-refractivity contribution >= 4 is 0 Å². The van der Waals surface area contributed by atoms with E-state index in [1.165, 1.54) is 51.4 Å². The lowest BCUT2D eigenvalue weighted by atomic mass is 9.47. The number of aliphatic hydroxyl groups is 1. The predicted molar refractivity (Wildman–Crippen MR) is 128 cm³/mol. The van der Waals surface area contributed by atoms with Crippen LogP contribution in [0.5, 0.6) is 0 Å². The Kier molecular flexibility index (Phi) is 6.35. The molecule has 30 heavy (non-hydrogen) atoms. The summed E-state index contributed by atoms with van der Waals surface area (Å²) in [7, 11) is 0. The van der Waals surface area contributed by atoms with Gasteiger partial charge in [0.05, 0.1) is 6.10 Å². The zero-order chi connectivity index (χ0) is 21.7. The topological polar surface area (TPSA) is 20.2 Å². The van der Waals surface area contributed by atoms with Crippen LogP contribution in [0.15, 0.2) is 23.3 Å². The lowest BCUT2D eigenvalue weighted by Gasteiger charge is -2.57. The highest BCUT2D eigenvalue weighted by atomic mass is 16.3. The third kappa shape index (κ3) is 3.66. The summed E-state index contributed by atoms with van der Waals surface area (Å²) in [4.78, 5) is 0. The van der Waals surface area contributed by atoms with E-state index in [0.29, 0.717) is 22.7 Å². The molecule has 0 aromatic carbocycles. The molecule has 0 spiro atoms. The average Bonchev–Trinajstić information content (AvgIpc) is 3.06. The van der Waals surface area contributed by atoms with Gasteiger partial charge in [-0.1, -0.05) is 57.9 Å². The van der Waals surface area contributed by atoms with Crippen molar-refractivity contribution in [1.29, 1.82) is 0 Å². The molecule has 1 N–H and O–H groups in total. The fraction of sp³-hybridized carbons (Fsp3) is 0.862. The molecule has 3 fully saturated rings. The molecule has 0 aromatic rings. The third-order valence-corrected chi connectivity index (χ3v) is 10.8. The van der Waals surface area contributed by atoms with Gasteiger partial charge in [0.25, 0.3) is 0 Å². The summed E-state index contributed by atoms with van der Waals surface area (Å²) in [6, 6.07) is 0. The molecule has 0 heterocycles. The van der Waals surface area contributed by atoms with E-state index >= 15 is 0 Å². The number of hydrogen-bond acceptors (Lipinski definition) is 1. The van der Waals surface area contributed by atoms with Crippen LogP contribution in [0.4, 0.5) is 0 Å². The number of aliphatic hydroxyl groups excluding tert-OH is 1. The molecule has 4 aliphatic carbocycles. The highest BCUT2D eigenvalue weighted by molar-refractivity contribution is 5.27. The van der Waals surface area contributed by atoms with Gasteiger partial charge in [-0.15, -0.1) is 0 Å². The first-order chi connectivity index (χ1) is 14.2. The first kappa shape index (κ1) is 22.6. The van der Waals surface area contributed by atoms with Gasteiger partial charge in [-0.25, -0.2) is 0 Å². The molecular weight excluding hydrogens is 364 g/mol. The van der Waals surface area contributed by atoms with E-state index in [2.05, 4.69) is 53.7 Å². The van der Waals surface area contributed by atoms with Crippen LogP contribution in [0.25, 0.3) is 0 Å². The fourth-order valence-electron chi connectivity index (χ4n) is 8.83. The highest BCUT2D eigenvalue weighted by Crippen LogP contribution is 2.67. The second kappa shape index (κ2) is 8.42. The summed E-state index contributed by atoms with van der Waals surface area (Å²) in [5.74, 6) is 4.77. The summed E-state index contributed by atoms with van der Waals surface area (Å²) >= 11 is 0. The minimum Gasteiger partial charge on any atom is -0.393 e. The Hall–Kier alpha value is -0.560. The molecule has 8 atom stereocenters. The van der Waals surface area contributed by atoms with Crippen LogP contribution in [0.1, 0.15) is 106 Å². The Bertz CT molecular complexity index is 686. The summed E-state index contributed by atoms with van der Waals surface area (Å²) < 4.78 is 0. The van der Waals surface area contributed by atoms with Gasteiger partial charge in [0, 0.05) is 0 Å². The quantitative estimate of drug-likeness (QED) is 0.454. The summed E-state index contributed by atoms with van der Waals surface area (Å²) in [5, 5.41) is 10.3. The molecule has 1 nitrogen and oxygen atoms in total. The maximum Gasteiger partial charge on any atom is 0.0543 e. The van der Waals surface area contributed by atoms with Crippen LogP contribution in [-0.4, -0.2) is 11.2 Å². The van der Waals surface area contributed by atoms with Gasteiger partial charge in [-0.3, -0.25) is 0 Å². The van der Waals surface area contributed by atoms with Crippen molar-refractivity contribution < 1.29 is 5.11 Å². The van der Waals surface area contributed by atoms with Gasteiger partial charge < -0.3 is 5.11 Å². The molecule has 0 amide bonds. The van der Waals surface area contributed by atoms with E-state index in [4.69, 9.17) is 0 Å². The standard InChI is InChI=1S/C29H48O/c1-7-21(19(2)3)9-8-20(4)25-12-13-26-24-11-10-22-18-23(30)14-16-28(22,5)27(24)15-17-29(25,26)6/h7,11,19-20,22-23,25-27,30H,8-10,12-18H2,1-6H3/b21-7-/t20-,22?,23+,25?,26?,27?,28+,29-/m1/s1.